The molecule has 0 aliphatic rings. The molecule has 1 unspecified atom stereocenters. The van der Waals surface area contributed by atoms with Gasteiger partial charge < -0.3 is 14.3 Å². The van der Waals surface area contributed by atoms with Gasteiger partial charge in [0.15, 0.2) is 0 Å². The molecule has 0 saturated heterocycles. The smallest absolute Gasteiger partial charge is 0.346 e. The number of hydrogen-bond acceptors (Lipinski definition) is 3. The Kier molecular flexibility index (Phi) is 4.06. The number of hydrogen-bond donors (Lipinski definition) is 1. The van der Waals surface area contributed by atoms with E-state index in [0.29, 0.717) is 16.8 Å². The van der Waals surface area contributed by atoms with Crippen LogP contribution in [-0.4, -0.2) is 49.4 Å². The summed E-state index contributed by atoms with van der Waals surface area (Å²) >= 11 is 0. The number of carbonyl (C=O) groups excluding carboxylic acids is 1. The second-order valence-electron chi connectivity index (χ2n) is 5.89. The van der Waals surface area contributed by atoms with Gasteiger partial charge in [-0.3, -0.25) is 0 Å². The van der Waals surface area contributed by atoms with Crippen molar-refractivity contribution in [2.75, 3.05) is 27.7 Å². The van der Waals surface area contributed by atoms with Gasteiger partial charge in [-0.05, 0) is 11.5 Å². The number of fused-ring (bicyclic) bond motifs is 1. The Hall–Kier alpha value is -1.91. The molecule has 0 heterocycles. The molecule has 2 aromatic carbocycles. The summed E-state index contributed by atoms with van der Waals surface area (Å²) in [7, 11) is 5.73. The Morgan fingerprint density at radius 1 is 1.15 bits per heavy atom. The van der Waals surface area contributed by atoms with Gasteiger partial charge in [-0.1, -0.05) is 36.4 Å². The molecule has 0 aliphatic carbocycles. The molecule has 4 nitrogen and oxygen atoms in total. The topological polar surface area (TPSA) is 46.5 Å². The van der Waals surface area contributed by atoms with Gasteiger partial charge in [0.25, 0.3) is 0 Å². The molecule has 1 atom stereocenters. The molecule has 0 spiro atoms. The average Bonchev–Trinajstić information content (AvgIpc) is 2.37. The fraction of sp³-hybridized carbons (Fsp3) is 0.312. The molecule has 2 aromatic rings. The zero-order valence-corrected chi connectivity index (χ0v) is 12.0. The molecule has 2 rings (SSSR count). The summed E-state index contributed by atoms with van der Waals surface area (Å²) in [6, 6.07) is 13.2. The van der Waals surface area contributed by atoms with E-state index in [1.807, 2.05) is 57.5 Å². The first-order valence-corrected chi connectivity index (χ1v) is 6.55. The lowest BCUT2D eigenvalue weighted by molar-refractivity contribution is -0.872. The highest BCUT2D eigenvalue weighted by Gasteiger charge is 2.25. The second kappa shape index (κ2) is 5.61. The molecule has 0 fully saturated rings. The van der Waals surface area contributed by atoms with Crippen LogP contribution in [-0.2, 0) is 4.79 Å². The minimum atomic E-state index is -1.13. The third-order valence-electron chi connectivity index (χ3n) is 2.95. The number of esters is 1. The molecule has 20 heavy (non-hydrogen) atoms. The number of benzene rings is 2. The average molecular weight is 274 g/mol. The number of nitrogens with zero attached hydrogens (tertiary/aromatic N) is 1. The van der Waals surface area contributed by atoms with Gasteiger partial charge in [-0.15, -0.1) is 0 Å². The van der Waals surface area contributed by atoms with E-state index in [-0.39, 0.29) is 0 Å². The Morgan fingerprint density at radius 2 is 1.80 bits per heavy atom. The highest BCUT2D eigenvalue weighted by atomic mass is 16.5. The van der Waals surface area contributed by atoms with Gasteiger partial charge in [0.1, 0.15) is 12.3 Å². The lowest BCUT2D eigenvalue weighted by atomic mass is 10.1. The van der Waals surface area contributed by atoms with Gasteiger partial charge in [0.2, 0.25) is 6.10 Å². The van der Waals surface area contributed by atoms with Crippen molar-refractivity contribution in [2.24, 2.45) is 0 Å². The number of quaternary nitrogens is 1. The van der Waals surface area contributed by atoms with E-state index < -0.39 is 12.1 Å². The summed E-state index contributed by atoms with van der Waals surface area (Å²) in [5.74, 6) is -0.136. The Bertz CT molecular complexity index is 611. The monoisotopic (exact) mass is 274 g/mol. The molecule has 106 valence electrons. The van der Waals surface area contributed by atoms with E-state index in [9.17, 15) is 9.90 Å². The Labute approximate surface area is 118 Å². The van der Waals surface area contributed by atoms with Crippen LogP contribution in [0.2, 0.25) is 0 Å². The number of carbonyl (C=O) groups is 1. The first-order chi connectivity index (χ1) is 9.37. The summed E-state index contributed by atoms with van der Waals surface area (Å²) in [5, 5.41) is 11.8. The summed E-state index contributed by atoms with van der Waals surface area (Å²) in [4.78, 5) is 12.0. The zero-order chi connectivity index (χ0) is 14.8. The van der Waals surface area contributed by atoms with E-state index in [2.05, 4.69) is 0 Å². The molecular formula is C16H20NO3+. The first-order valence-electron chi connectivity index (χ1n) is 6.55. The predicted molar refractivity (Wildman–Crippen MR) is 78.5 cm³/mol. The van der Waals surface area contributed by atoms with Crippen molar-refractivity contribution in [1.29, 1.82) is 0 Å². The molecule has 0 aromatic heterocycles. The summed E-state index contributed by atoms with van der Waals surface area (Å²) in [5.41, 5.74) is 0. The first kappa shape index (κ1) is 14.5. The van der Waals surface area contributed by atoms with E-state index >= 15 is 0 Å². The Balaban J connectivity index is 2.18. The van der Waals surface area contributed by atoms with Gasteiger partial charge in [0.05, 0.1) is 21.1 Å². The maximum absolute atomic E-state index is 12.0. The quantitative estimate of drug-likeness (QED) is 0.525. The lowest BCUT2D eigenvalue weighted by Gasteiger charge is -2.25. The molecular weight excluding hydrogens is 254 g/mol. The van der Waals surface area contributed by atoms with Crippen molar-refractivity contribution in [3.63, 3.8) is 0 Å². The van der Waals surface area contributed by atoms with Crippen LogP contribution in [0.4, 0.5) is 0 Å². The normalized spacial score (nSPS) is 13.2. The molecule has 4 heteroatoms. The van der Waals surface area contributed by atoms with Crippen molar-refractivity contribution < 1.29 is 19.1 Å². The largest absolute Gasteiger partial charge is 0.424 e. The van der Waals surface area contributed by atoms with Crippen LogP contribution in [0, 0.1) is 0 Å². The second-order valence-corrected chi connectivity index (χ2v) is 5.89. The van der Waals surface area contributed by atoms with Crippen LogP contribution in [0.3, 0.4) is 0 Å². The van der Waals surface area contributed by atoms with E-state index in [1.54, 1.807) is 6.07 Å². The molecule has 0 bridgehead atoms. The van der Waals surface area contributed by atoms with Crippen molar-refractivity contribution in [2.45, 2.75) is 6.10 Å². The SMILES string of the molecule is C[N+](C)(C)CC(O)C(=O)Oc1cccc2ccccc12. The minimum Gasteiger partial charge on any atom is -0.424 e. The van der Waals surface area contributed by atoms with E-state index in [0.717, 1.165) is 10.8 Å². The summed E-state index contributed by atoms with van der Waals surface area (Å²) in [6.45, 7) is 0.309. The Morgan fingerprint density at radius 3 is 2.50 bits per heavy atom. The van der Waals surface area contributed by atoms with Crippen molar-refractivity contribution in [1.82, 2.24) is 0 Å². The highest BCUT2D eigenvalue weighted by molar-refractivity contribution is 5.90. The predicted octanol–water partition coefficient (Wildman–Crippen LogP) is 1.81. The maximum Gasteiger partial charge on any atom is 0.346 e. The van der Waals surface area contributed by atoms with Crippen molar-refractivity contribution in [3.8, 4) is 5.75 Å². The maximum atomic E-state index is 12.0. The number of aliphatic hydroxyl groups is 1. The van der Waals surface area contributed by atoms with E-state index in [1.165, 1.54) is 0 Å². The number of rotatable bonds is 4. The lowest BCUT2D eigenvalue weighted by Crippen LogP contribution is -2.45. The molecule has 0 amide bonds. The summed E-state index contributed by atoms with van der Waals surface area (Å²) < 4.78 is 5.83. The fourth-order valence-corrected chi connectivity index (χ4v) is 2.05. The molecule has 0 aliphatic heterocycles. The number of aliphatic hydroxyl groups excluding tert-OH is 1. The van der Waals surface area contributed by atoms with Crippen molar-refractivity contribution in [3.05, 3.63) is 42.5 Å². The molecule has 1 N–H and O–H groups in total. The molecule has 0 radical (unpaired) electrons. The van der Waals surface area contributed by atoms with Crippen LogP contribution < -0.4 is 4.74 Å². The van der Waals surface area contributed by atoms with Gasteiger partial charge in [0, 0.05) is 5.39 Å². The van der Waals surface area contributed by atoms with Gasteiger partial charge in [-0.2, -0.15) is 0 Å². The minimum absolute atomic E-state index is 0.309. The molecule has 0 saturated carbocycles. The van der Waals surface area contributed by atoms with Crippen LogP contribution >= 0.6 is 0 Å². The van der Waals surface area contributed by atoms with Crippen LogP contribution in [0.5, 0.6) is 5.75 Å². The van der Waals surface area contributed by atoms with Crippen LogP contribution in [0.15, 0.2) is 42.5 Å². The summed E-state index contributed by atoms with van der Waals surface area (Å²) in [6.07, 6.45) is -1.13. The fourth-order valence-electron chi connectivity index (χ4n) is 2.05. The van der Waals surface area contributed by atoms with Crippen LogP contribution in [0.1, 0.15) is 0 Å². The van der Waals surface area contributed by atoms with E-state index in [4.69, 9.17) is 4.74 Å². The van der Waals surface area contributed by atoms with Crippen molar-refractivity contribution >= 4 is 16.7 Å². The van der Waals surface area contributed by atoms with Gasteiger partial charge in [-0.25, -0.2) is 4.79 Å². The third-order valence-corrected chi connectivity index (χ3v) is 2.95. The standard InChI is InChI=1S/C16H20NO3/c1-17(2,3)11-14(18)16(19)20-15-10-6-8-12-7-4-5-9-13(12)15/h4-10,14,18H,11H2,1-3H3/q+1. The van der Waals surface area contributed by atoms with Gasteiger partial charge >= 0.3 is 5.97 Å². The number of likely N-dealkylation sites (N-methyl/N-ethyl adjacent to an activating group) is 1. The number of ether oxygens (including phenoxy) is 1. The highest BCUT2D eigenvalue weighted by Crippen LogP contribution is 2.25. The zero-order valence-electron chi connectivity index (χ0n) is 12.0. The third kappa shape index (κ3) is 3.56. The van der Waals surface area contributed by atoms with Crippen LogP contribution in [0.25, 0.3) is 10.8 Å².